The second kappa shape index (κ2) is 5.30. The number of hydrogen-bond acceptors (Lipinski definition) is 3. The van der Waals surface area contributed by atoms with E-state index in [4.69, 9.17) is 23.2 Å². The molecule has 0 saturated heterocycles. The molecule has 1 unspecified atom stereocenters. The van der Waals surface area contributed by atoms with Gasteiger partial charge in [0.2, 0.25) is 0 Å². The normalized spacial score (nSPS) is 20.4. The Morgan fingerprint density at radius 1 is 1.38 bits per heavy atom. The maximum Gasteiger partial charge on any atom is 0.161 e. The zero-order chi connectivity index (χ0) is 11.5. The maximum absolute atomic E-state index is 5.94. The van der Waals surface area contributed by atoms with Crippen molar-refractivity contribution in [1.29, 1.82) is 0 Å². The topological polar surface area (TPSA) is 24.4 Å². The Balaban J connectivity index is 2.11. The van der Waals surface area contributed by atoms with Crippen molar-refractivity contribution in [3.8, 4) is 0 Å². The molecule has 1 aliphatic rings. The molecule has 1 atom stereocenters. The minimum atomic E-state index is 0.395. The quantitative estimate of drug-likeness (QED) is 0.827. The van der Waals surface area contributed by atoms with Crippen LogP contribution >= 0.6 is 35.0 Å². The SMILES string of the molecule is CC1CCSC(Nc2ccc(Cl)c(Cl)c2)=N1. The highest BCUT2D eigenvalue weighted by molar-refractivity contribution is 8.14. The van der Waals surface area contributed by atoms with Crippen LogP contribution in [0.3, 0.4) is 0 Å². The van der Waals surface area contributed by atoms with Gasteiger partial charge < -0.3 is 5.32 Å². The van der Waals surface area contributed by atoms with Crippen LogP contribution in [0.2, 0.25) is 10.0 Å². The van der Waals surface area contributed by atoms with Gasteiger partial charge >= 0.3 is 0 Å². The van der Waals surface area contributed by atoms with Gasteiger partial charge in [0.15, 0.2) is 5.17 Å². The number of thioether (sulfide) groups is 1. The summed E-state index contributed by atoms with van der Waals surface area (Å²) in [6, 6.07) is 5.89. The van der Waals surface area contributed by atoms with Crippen molar-refractivity contribution in [2.24, 2.45) is 4.99 Å². The molecule has 0 bridgehead atoms. The first-order valence-corrected chi connectivity index (χ1v) is 6.82. The Hall–Kier alpha value is -0.380. The minimum absolute atomic E-state index is 0.395. The van der Waals surface area contributed by atoms with Gasteiger partial charge in [0.05, 0.1) is 16.1 Å². The molecule has 0 aromatic heterocycles. The molecule has 1 heterocycles. The Kier molecular flexibility index (Phi) is 4.00. The molecule has 1 N–H and O–H groups in total. The highest BCUT2D eigenvalue weighted by Gasteiger charge is 2.11. The van der Waals surface area contributed by atoms with Crippen molar-refractivity contribution in [3.63, 3.8) is 0 Å². The highest BCUT2D eigenvalue weighted by atomic mass is 35.5. The van der Waals surface area contributed by atoms with Crippen molar-refractivity contribution in [1.82, 2.24) is 0 Å². The highest BCUT2D eigenvalue weighted by Crippen LogP contribution is 2.26. The van der Waals surface area contributed by atoms with Crippen molar-refractivity contribution in [3.05, 3.63) is 28.2 Å². The third-order valence-corrected chi connectivity index (χ3v) is 3.94. The molecule has 0 amide bonds. The van der Waals surface area contributed by atoms with Gasteiger partial charge in [-0.15, -0.1) is 0 Å². The fourth-order valence-corrected chi connectivity index (χ4v) is 2.79. The van der Waals surface area contributed by atoms with Crippen LogP contribution in [-0.2, 0) is 0 Å². The number of aliphatic imine (C=N–C) groups is 1. The van der Waals surface area contributed by atoms with E-state index in [-0.39, 0.29) is 0 Å². The first kappa shape index (κ1) is 12.1. The van der Waals surface area contributed by atoms with Gasteiger partial charge in [-0.25, -0.2) is 0 Å². The molecular formula is C11H12Cl2N2S. The van der Waals surface area contributed by atoms with Gasteiger partial charge in [-0.2, -0.15) is 0 Å². The summed E-state index contributed by atoms with van der Waals surface area (Å²) in [6.45, 7) is 2.12. The first-order chi connectivity index (χ1) is 7.65. The van der Waals surface area contributed by atoms with Crippen LogP contribution < -0.4 is 5.32 Å². The molecule has 0 saturated carbocycles. The molecule has 2 nitrogen and oxygen atoms in total. The Labute approximate surface area is 109 Å². The molecule has 86 valence electrons. The zero-order valence-corrected chi connectivity index (χ0v) is 11.2. The maximum atomic E-state index is 5.94. The van der Waals surface area contributed by atoms with Crippen molar-refractivity contribution < 1.29 is 0 Å². The number of benzene rings is 1. The third-order valence-electron chi connectivity index (χ3n) is 2.28. The summed E-state index contributed by atoms with van der Waals surface area (Å²) < 4.78 is 0. The molecule has 0 fully saturated rings. The van der Waals surface area contributed by atoms with E-state index in [1.54, 1.807) is 17.8 Å². The monoisotopic (exact) mass is 274 g/mol. The number of halogens is 2. The predicted molar refractivity (Wildman–Crippen MR) is 74.1 cm³/mol. The lowest BCUT2D eigenvalue weighted by Crippen LogP contribution is -2.17. The Bertz CT molecular complexity index is 420. The van der Waals surface area contributed by atoms with Gasteiger partial charge in [0, 0.05) is 11.4 Å². The first-order valence-electron chi connectivity index (χ1n) is 5.08. The lowest BCUT2D eigenvalue weighted by molar-refractivity contribution is 0.720. The molecule has 0 spiro atoms. The molecule has 5 heteroatoms. The lowest BCUT2D eigenvalue weighted by Gasteiger charge is -2.17. The number of rotatable bonds is 1. The van der Waals surface area contributed by atoms with E-state index >= 15 is 0 Å². The second-order valence-corrected chi connectivity index (χ2v) is 5.57. The van der Waals surface area contributed by atoms with Gasteiger partial charge in [0.25, 0.3) is 0 Å². The van der Waals surface area contributed by atoms with E-state index in [2.05, 4.69) is 17.2 Å². The molecule has 1 aliphatic heterocycles. The minimum Gasteiger partial charge on any atom is -0.335 e. The number of nitrogens with one attached hydrogen (secondary N) is 1. The molecule has 0 aliphatic carbocycles. The van der Waals surface area contributed by atoms with Crippen LogP contribution in [0.5, 0.6) is 0 Å². The van der Waals surface area contributed by atoms with E-state index in [0.29, 0.717) is 16.1 Å². The Morgan fingerprint density at radius 2 is 2.19 bits per heavy atom. The summed E-state index contributed by atoms with van der Waals surface area (Å²) in [5, 5.41) is 5.33. The lowest BCUT2D eigenvalue weighted by atomic mass is 10.3. The van der Waals surface area contributed by atoms with Crippen LogP contribution in [0, 0.1) is 0 Å². The standard InChI is InChI=1S/C11H12Cl2N2S/c1-7-4-5-16-11(14-7)15-8-2-3-9(12)10(13)6-8/h2-3,6-7H,4-5H2,1H3,(H,14,15). The van der Waals surface area contributed by atoms with Crippen LogP contribution in [-0.4, -0.2) is 17.0 Å². The fraction of sp³-hybridized carbons (Fsp3) is 0.364. The van der Waals surface area contributed by atoms with E-state index in [0.717, 1.165) is 23.0 Å². The molecule has 1 aromatic carbocycles. The zero-order valence-electron chi connectivity index (χ0n) is 8.84. The summed E-state index contributed by atoms with van der Waals surface area (Å²) in [5.41, 5.74) is 0.926. The van der Waals surface area contributed by atoms with Crippen LogP contribution in [0.25, 0.3) is 0 Å². The second-order valence-electron chi connectivity index (χ2n) is 3.67. The van der Waals surface area contributed by atoms with E-state index in [1.165, 1.54) is 0 Å². The third kappa shape index (κ3) is 3.06. The van der Waals surface area contributed by atoms with Crippen molar-refractivity contribution in [2.45, 2.75) is 19.4 Å². The largest absolute Gasteiger partial charge is 0.335 e. The number of nitrogens with zero attached hydrogens (tertiary/aromatic N) is 1. The summed E-state index contributed by atoms with van der Waals surface area (Å²) >= 11 is 13.5. The average Bonchev–Trinajstić information content (AvgIpc) is 2.24. The molecule has 0 radical (unpaired) electrons. The molecular weight excluding hydrogens is 263 g/mol. The molecule has 2 rings (SSSR count). The Morgan fingerprint density at radius 3 is 2.88 bits per heavy atom. The summed E-state index contributed by atoms with van der Waals surface area (Å²) in [6.07, 6.45) is 1.14. The van der Waals surface area contributed by atoms with E-state index in [9.17, 15) is 0 Å². The van der Waals surface area contributed by atoms with Crippen LogP contribution in [0.1, 0.15) is 13.3 Å². The summed E-state index contributed by atoms with van der Waals surface area (Å²) in [4.78, 5) is 4.52. The van der Waals surface area contributed by atoms with Gasteiger partial charge in [0.1, 0.15) is 0 Å². The summed E-state index contributed by atoms with van der Waals surface area (Å²) in [7, 11) is 0. The van der Waals surface area contributed by atoms with Gasteiger partial charge in [-0.1, -0.05) is 35.0 Å². The summed E-state index contributed by atoms with van der Waals surface area (Å²) in [5.74, 6) is 1.11. The smallest absolute Gasteiger partial charge is 0.161 e. The predicted octanol–water partition coefficient (Wildman–Crippen LogP) is 4.29. The number of amidine groups is 1. The number of anilines is 1. The van der Waals surface area contributed by atoms with E-state index < -0.39 is 0 Å². The fourth-order valence-electron chi connectivity index (χ4n) is 1.39. The molecule has 16 heavy (non-hydrogen) atoms. The van der Waals surface area contributed by atoms with Crippen molar-refractivity contribution >= 4 is 45.8 Å². The molecule has 1 aromatic rings. The van der Waals surface area contributed by atoms with Crippen molar-refractivity contribution in [2.75, 3.05) is 11.1 Å². The number of hydrogen-bond donors (Lipinski definition) is 1. The van der Waals surface area contributed by atoms with Gasteiger partial charge in [-0.05, 0) is 31.5 Å². The average molecular weight is 275 g/mol. The van der Waals surface area contributed by atoms with Gasteiger partial charge in [-0.3, -0.25) is 4.99 Å². The van der Waals surface area contributed by atoms with Crippen LogP contribution in [0.15, 0.2) is 23.2 Å². The van der Waals surface area contributed by atoms with E-state index in [1.807, 2.05) is 12.1 Å². The van der Waals surface area contributed by atoms with Crippen LogP contribution in [0.4, 0.5) is 5.69 Å².